The van der Waals surface area contributed by atoms with Crippen molar-refractivity contribution in [3.8, 4) is 0 Å². The molecule has 0 saturated heterocycles. The van der Waals surface area contributed by atoms with E-state index in [9.17, 15) is 0 Å². The van der Waals surface area contributed by atoms with Gasteiger partial charge in [0.05, 0.1) is 6.33 Å². The number of nitrogens with one attached hydrogen (secondary N) is 2. The van der Waals surface area contributed by atoms with Crippen molar-refractivity contribution in [2.45, 2.75) is 17.7 Å². The maximum Gasteiger partial charge on any atom is 0.225 e. The average Bonchev–Trinajstić information content (AvgIpc) is 2.95. The highest BCUT2D eigenvalue weighted by molar-refractivity contribution is 7.98. The molecule has 2 heterocycles. The van der Waals surface area contributed by atoms with Gasteiger partial charge >= 0.3 is 0 Å². The van der Waals surface area contributed by atoms with Gasteiger partial charge in [0.1, 0.15) is 10.5 Å². The summed E-state index contributed by atoms with van der Waals surface area (Å²) in [7, 11) is 0. The molecule has 1 aromatic carbocycles. The molecule has 0 atom stereocenters. The Morgan fingerprint density at radius 1 is 1.24 bits per heavy atom. The van der Waals surface area contributed by atoms with Crippen LogP contribution in [-0.2, 0) is 5.75 Å². The van der Waals surface area contributed by atoms with Crippen molar-refractivity contribution in [1.82, 2.24) is 19.9 Å². The Morgan fingerprint density at radius 2 is 2.05 bits per heavy atom. The normalized spacial score (nSPS) is 11.0. The summed E-state index contributed by atoms with van der Waals surface area (Å²) in [6.45, 7) is 2.79. The molecule has 108 valence electrons. The molecule has 0 saturated carbocycles. The second kappa shape index (κ2) is 6.32. The lowest BCUT2D eigenvalue weighted by molar-refractivity contribution is 1.04. The van der Waals surface area contributed by atoms with Crippen LogP contribution in [0.2, 0.25) is 5.02 Å². The molecule has 21 heavy (non-hydrogen) atoms. The summed E-state index contributed by atoms with van der Waals surface area (Å²) in [5, 5.41) is 4.77. The first kappa shape index (κ1) is 14.2. The van der Waals surface area contributed by atoms with Crippen LogP contribution < -0.4 is 5.32 Å². The highest BCUT2D eigenvalue weighted by Crippen LogP contribution is 2.27. The summed E-state index contributed by atoms with van der Waals surface area (Å²) in [6.07, 6.45) is 1.64. The summed E-state index contributed by atoms with van der Waals surface area (Å²) >= 11 is 7.55. The van der Waals surface area contributed by atoms with E-state index in [1.807, 2.05) is 31.2 Å². The molecule has 2 aromatic heterocycles. The Balaban J connectivity index is 1.84. The molecule has 0 aliphatic rings. The van der Waals surface area contributed by atoms with Gasteiger partial charge < -0.3 is 10.3 Å². The minimum absolute atomic E-state index is 0.607. The van der Waals surface area contributed by atoms with Gasteiger partial charge in [0, 0.05) is 17.3 Å². The Bertz CT molecular complexity index is 741. The number of hydrogen-bond donors (Lipinski definition) is 2. The van der Waals surface area contributed by atoms with Gasteiger partial charge in [0.15, 0.2) is 5.65 Å². The van der Waals surface area contributed by atoms with Crippen LogP contribution in [0.25, 0.3) is 11.2 Å². The Kier molecular flexibility index (Phi) is 4.26. The molecule has 3 rings (SSSR count). The summed E-state index contributed by atoms with van der Waals surface area (Å²) in [6, 6.07) is 7.83. The molecule has 3 aromatic rings. The number of benzene rings is 1. The summed E-state index contributed by atoms with van der Waals surface area (Å²) in [5.41, 5.74) is 2.75. The van der Waals surface area contributed by atoms with E-state index in [1.54, 1.807) is 18.1 Å². The standard InChI is InChI=1S/C14H14ClN5S/c1-2-16-14-19-12-11(17-8-18-12)13(20-14)21-7-9-3-5-10(15)6-4-9/h3-6,8H,2,7H2,1H3,(H2,16,17,18,19,20). The van der Waals surface area contributed by atoms with Crippen LogP contribution in [0.3, 0.4) is 0 Å². The van der Waals surface area contributed by atoms with Gasteiger partial charge in [-0.1, -0.05) is 35.5 Å². The van der Waals surface area contributed by atoms with Gasteiger partial charge in [0.2, 0.25) is 5.95 Å². The second-order valence-electron chi connectivity index (χ2n) is 4.40. The van der Waals surface area contributed by atoms with E-state index in [4.69, 9.17) is 11.6 Å². The number of H-pyrrole nitrogens is 1. The lowest BCUT2D eigenvalue weighted by atomic mass is 10.2. The molecule has 0 radical (unpaired) electrons. The molecule has 0 aliphatic heterocycles. The minimum atomic E-state index is 0.607. The number of nitrogens with zero attached hydrogens (tertiary/aromatic N) is 3. The fraction of sp³-hybridized carbons (Fsp3) is 0.214. The Morgan fingerprint density at radius 3 is 2.81 bits per heavy atom. The highest BCUT2D eigenvalue weighted by Gasteiger charge is 2.10. The van der Waals surface area contributed by atoms with E-state index in [0.717, 1.165) is 27.9 Å². The van der Waals surface area contributed by atoms with Crippen LogP contribution >= 0.6 is 23.4 Å². The molecule has 0 aliphatic carbocycles. The average molecular weight is 320 g/mol. The molecular formula is C14H14ClN5S. The molecule has 0 spiro atoms. The van der Waals surface area contributed by atoms with Crippen molar-refractivity contribution >= 4 is 40.5 Å². The summed E-state index contributed by atoms with van der Waals surface area (Å²) < 4.78 is 0. The first-order valence-corrected chi connectivity index (χ1v) is 7.95. The molecule has 0 fully saturated rings. The molecule has 0 unspecified atom stereocenters. The Labute approximate surface area is 131 Å². The molecular weight excluding hydrogens is 306 g/mol. The molecule has 7 heteroatoms. The minimum Gasteiger partial charge on any atom is -0.354 e. The number of halogens is 1. The predicted molar refractivity (Wildman–Crippen MR) is 86.9 cm³/mol. The number of rotatable bonds is 5. The van der Waals surface area contributed by atoms with Crippen LogP contribution in [0.4, 0.5) is 5.95 Å². The van der Waals surface area contributed by atoms with Gasteiger partial charge in [0.25, 0.3) is 0 Å². The van der Waals surface area contributed by atoms with Crippen LogP contribution in [0, 0.1) is 0 Å². The smallest absolute Gasteiger partial charge is 0.225 e. The number of hydrogen-bond acceptors (Lipinski definition) is 5. The van der Waals surface area contributed by atoms with E-state index in [0.29, 0.717) is 11.6 Å². The van der Waals surface area contributed by atoms with Gasteiger partial charge in [-0.25, -0.2) is 9.97 Å². The zero-order valence-corrected chi connectivity index (χ0v) is 13.0. The lowest BCUT2D eigenvalue weighted by Gasteiger charge is -2.06. The third-order valence-corrected chi connectivity index (χ3v) is 4.17. The van der Waals surface area contributed by atoms with Crippen molar-refractivity contribution in [2.24, 2.45) is 0 Å². The quantitative estimate of drug-likeness (QED) is 0.554. The van der Waals surface area contributed by atoms with E-state index in [2.05, 4.69) is 25.3 Å². The largest absolute Gasteiger partial charge is 0.354 e. The van der Waals surface area contributed by atoms with E-state index in [1.165, 1.54) is 5.56 Å². The van der Waals surface area contributed by atoms with Crippen molar-refractivity contribution in [1.29, 1.82) is 0 Å². The third-order valence-electron chi connectivity index (χ3n) is 2.88. The number of aromatic amines is 1. The fourth-order valence-corrected chi connectivity index (χ4v) is 2.95. The second-order valence-corrected chi connectivity index (χ2v) is 5.80. The summed E-state index contributed by atoms with van der Waals surface area (Å²) in [4.78, 5) is 16.2. The van der Waals surface area contributed by atoms with E-state index >= 15 is 0 Å². The van der Waals surface area contributed by atoms with Crippen LogP contribution in [0.15, 0.2) is 35.6 Å². The van der Waals surface area contributed by atoms with Crippen molar-refractivity contribution < 1.29 is 0 Å². The van der Waals surface area contributed by atoms with E-state index < -0.39 is 0 Å². The van der Waals surface area contributed by atoms with Crippen LogP contribution in [0.1, 0.15) is 12.5 Å². The molecule has 2 N–H and O–H groups in total. The van der Waals surface area contributed by atoms with Crippen molar-refractivity contribution in [2.75, 3.05) is 11.9 Å². The number of aromatic nitrogens is 4. The monoisotopic (exact) mass is 319 g/mol. The molecule has 0 bridgehead atoms. The van der Waals surface area contributed by atoms with Crippen LogP contribution in [-0.4, -0.2) is 26.5 Å². The van der Waals surface area contributed by atoms with Gasteiger partial charge in [-0.05, 0) is 24.6 Å². The van der Waals surface area contributed by atoms with Gasteiger partial charge in [-0.3, -0.25) is 0 Å². The zero-order valence-electron chi connectivity index (χ0n) is 11.4. The Hall–Kier alpha value is -1.79. The third kappa shape index (κ3) is 3.28. The van der Waals surface area contributed by atoms with Crippen LogP contribution in [0.5, 0.6) is 0 Å². The number of imidazole rings is 1. The zero-order chi connectivity index (χ0) is 14.7. The molecule has 5 nitrogen and oxygen atoms in total. The maximum atomic E-state index is 5.90. The van der Waals surface area contributed by atoms with Crippen molar-refractivity contribution in [3.05, 3.63) is 41.2 Å². The SMILES string of the molecule is CCNc1nc(SCc2ccc(Cl)cc2)c2[nH]cnc2n1. The topological polar surface area (TPSA) is 66.5 Å². The highest BCUT2D eigenvalue weighted by atomic mass is 35.5. The number of thioether (sulfide) groups is 1. The van der Waals surface area contributed by atoms with E-state index in [-0.39, 0.29) is 0 Å². The first-order valence-electron chi connectivity index (χ1n) is 6.58. The van der Waals surface area contributed by atoms with Gasteiger partial charge in [-0.15, -0.1) is 0 Å². The number of fused-ring (bicyclic) bond motifs is 1. The fourth-order valence-electron chi connectivity index (χ4n) is 1.88. The number of anilines is 1. The predicted octanol–water partition coefficient (Wildman–Crippen LogP) is 3.73. The first-order chi connectivity index (χ1) is 10.3. The van der Waals surface area contributed by atoms with Crippen molar-refractivity contribution in [3.63, 3.8) is 0 Å². The lowest BCUT2D eigenvalue weighted by Crippen LogP contribution is -2.03. The molecule has 0 amide bonds. The summed E-state index contributed by atoms with van der Waals surface area (Å²) in [5.74, 6) is 1.42. The maximum absolute atomic E-state index is 5.90. The van der Waals surface area contributed by atoms with Gasteiger partial charge in [-0.2, -0.15) is 4.98 Å².